The van der Waals surface area contributed by atoms with E-state index in [1.807, 2.05) is 0 Å². The summed E-state index contributed by atoms with van der Waals surface area (Å²) in [6.45, 7) is 0. The van der Waals surface area contributed by atoms with E-state index >= 15 is 0 Å². The molecule has 0 fully saturated rings. The molecule has 0 aromatic rings. The second-order valence-corrected chi connectivity index (χ2v) is 2.49. The van der Waals surface area contributed by atoms with Crippen molar-refractivity contribution in [3.05, 3.63) is 0 Å². The minimum atomic E-state index is -1.83. The standard InChI is InChI=1S/2CCl2O.CH2O3/c3*2-1(3)4/h;;(H2,2,3,4). The molecule has 0 saturated heterocycles. The zero-order valence-corrected chi connectivity index (χ0v) is 8.15. The average molecular weight is 260 g/mol. The molecule has 12 heavy (non-hydrogen) atoms. The third-order valence-electron chi connectivity index (χ3n) is 0. The molecule has 0 amide bonds. The molecule has 0 aliphatic rings. The Hall–Kier alpha value is -0.230. The highest BCUT2D eigenvalue weighted by molar-refractivity contribution is 6.94. The van der Waals surface area contributed by atoms with E-state index in [-0.39, 0.29) is 0 Å². The monoisotopic (exact) mass is 258 g/mol. The van der Waals surface area contributed by atoms with Crippen molar-refractivity contribution in [1.29, 1.82) is 0 Å². The highest BCUT2D eigenvalue weighted by Crippen LogP contribution is 1.84. The Kier molecular flexibility index (Phi) is 19.8. The molecule has 5 nitrogen and oxygen atoms in total. The molecule has 0 aliphatic heterocycles. The van der Waals surface area contributed by atoms with Gasteiger partial charge in [0.05, 0.1) is 0 Å². The van der Waals surface area contributed by atoms with Gasteiger partial charge in [-0.05, 0) is 46.4 Å². The fraction of sp³-hybridized carbons (Fsp3) is 0. The van der Waals surface area contributed by atoms with Gasteiger partial charge in [-0.3, -0.25) is 9.59 Å². The maximum atomic E-state index is 8.98. The normalized spacial score (nSPS) is 6.33. The maximum Gasteiger partial charge on any atom is 0.503 e. The van der Waals surface area contributed by atoms with E-state index in [1.54, 1.807) is 0 Å². The first kappa shape index (κ1) is 17.8. The second kappa shape index (κ2) is 13.4. The van der Waals surface area contributed by atoms with Gasteiger partial charge in [-0.25, -0.2) is 4.79 Å². The summed E-state index contributed by atoms with van der Waals surface area (Å²) in [5, 5.41) is 13.9. The van der Waals surface area contributed by atoms with Gasteiger partial charge in [-0.15, -0.1) is 0 Å². The summed E-state index contributed by atoms with van der Waals surface area (Å²) in [5.41, 5.74) is 0. The van der Waals surface area contributed by atoms with Crippen molar-refractivity contribution in [3.8, 4) is 0 Å². The molecule has 2 N–H and O–H groups in total. The van der Waals surface area contributed by atoms with Crippen molar-refractivity contribution in [2.45, 2.75) is 0 Å². The van der Waals surface area contributed by atoms with Crippen molar-refractivity contribution in [3.63, 3.8) is 0 Å². The van der Waals surface area contributed by atoms with Crippen LogP contribution in [0.25, 0.3) is 0 Å². The first-order valence-electron chi connectivity index (χ1n) is 1.82. The van der Waals surface area contributed by atoms with Crippen LogP contribution in [0, 0.1) is 0 Å². The van der Waals surface area contributed by atoms with Crippen LogP contribution < -0.4 is 0 Å². The van der Waals surface area contributed by atoms with Gasteiger partial charge in [0.2, 0.25) is 0 Å². The number of carboxylic acid groups (broad SMARTS) is 2. The van der Waals surface area contributed by atoms with Crippen LogP contribution in [0.5, 0.6) is 0 Å². The van der Waals surface area contributed by atoms with Crippen molar-refractivity contribution >= 4 is 62.0 Å². The Morgan fingerprint density at radius 3 is 0.750 bits per heavy atom. The molecule has 0 bridgehead atoms. The van der Waals surface area contributed by atoms with Gasteiger partial charge in [0.1, 0.15) is 0 Å². The summed E-state index contributed by atoms with van der Waals surface area (Å²) in [6, 6.07) is 0. The Bertz CT molecular complexity index is 116. The van der Waals surface area contributed by atoms with Crippen LogP contribution in [0.15, 0.2) is 0 Å². The molecule has 0 radical (unpaired) electrons. The number of hydrogen-bond donors (Lipinski definition) is 2. The number of rotatable bonds is 0. The quantitative estimate of drug-likeness (QED) is 0.651. The van der Waals surface area contributed by atoms with Crippen molar-refractivity contribution in [1.82, 2.24) is 0 Å². The lowest BCUT2D eigenvalue weighted by molar-refractivity contribution is 0.137. The molecule has 0 aromatic heterocycles. The molecule has 0 rings (SSSR count). The maximum absolute atomic E-state index is 8.98. The number of carbonyl (C=O) groups excluding carboxylic acids is 2. The van der Waals surface area contributed by atoms with E-state index in [4.69, 9.17) is 24.6 Å². The Morgan fingerprint density at radius 1 is 0.750 bits per heavy atom. The summed E-state index contributed by atoms with van der Waals surface area (Å²) in [7, 11) is 0. The number of carbonyl (C=O) groups is 3. The first-order valence-corrected chi connectivity index (χ1v) is 3.33. The minimum Gasteiger partial charge on any atom is -0.450 e. The molecule has 0 atom stereocenters. The molecule has 0 aliphatic carbocycles. The van der Waals surface area contributed by atoms with Crippen LogP contribution in [-0.4, -0.2) is 25.8 Å². The third-order valence-corrected chi connectivity index (χ3v) is 0. The van der Waals surface area contributed by atoms with Gasteiger partial charge in [-0.2, -0.15) is 0 Å². The molecule has 0 heterocycles. The van der Waals surface area contributed by atoms with Crippen LogP contribution in [0.1, 0.15) is 0 Å². The average Bonchev–Trinajstić information content (AvgIpc) is 1.54. The lowest BCUT2D eigenvalue weighted by atomic mass is 11.5. The van der Waals surface area contributed by atoms with E-state index in [0.717, 1.165) is 0 Å². The zero-order chi connectivity index (χ0) is 10.7. The summed E-state index contributed by atoms with van der Waals surface area (Å²) in [4.78, 5) is 26.5. The predicted octanol–water partition coefficient (Wildman–Crippen LogP) is 3.39. The van der Waals surface area contributed by atoms with Gasteiger partial charge in [0.25, 0.3) is 0 Å². The molecule has 9 heteroatoms. The summed E-state index contributed by atoms with van der Waals surface area (Å²) >= 11 is 17.6. The summed E-state index contributed by atoms with van der Waals surface area (Å²) in [6.07, 6.45) is -1.83. The van der Waals surface area contributed by atoms with Gasteiger partial charge >= 0.3 is 15.6 Å². The summed E-state index contributed by atoms with van der Waals surface area (Å²) < 4.78 is -1.78. The largest absolute Gasteiger partial charge is 0.503 e. The topological polar surface area (TPSA) is 91.7 Å². The third kappa shape index (κ3) is 14200. The van der Waals surface area contributed by atoms with E-state index < -0.39 is 15.6 Å². The van der Waals surface area contributed by atoms with Crippen molar-refractivity contribution in [2.75, 3.05) is 0 Å². The molecular weight excluding hydrogens is 258 g/mol. The number of hydrogen-bond acceptors (Lipinski definition) is 3. The van der Waals surface area contributed by atoms with Gasteiger partial charge < -0.3 is 10.2 Å². The number of halogens is 4. The second-order valence-electron chi connectivity index (χ2n) is 0.734. The van der Waals surface area contributed by atoms with Gasteiger partial charge in [0.15, 0.2) is 0 Å². The molecule has 0 spiro atoms. The van der Waals surface area contributed by atoms with Crippen LogP contribution >= 0.6 is 46.4 Å². The van der Waals surface area contributed by atoms with Crippen molar-refractivity contribution < 1.29 is 24.6 Å². The van der Waals surface area contributed by atoms with E-state index in [9.17, 15) is 0 Å². The summed E-state index contributed by atoms with van der Waals surface area (Å²) in [5.74, 6) is 0. The Labute approximate surface area is 86.8 Å². The Morgan fingerprint density at radius 2 is 0.750 bits per heavy atom. The molecule has 0 aromatic carbocycles. The fourth-order valence-electron chi connectivity index (χ4n) is 0. The first-order chi connectivity index (χ1) is 5.20. The van der Waals surface area contributed by atoms with Gasteiger partial charge in [-0.1, -0.05) is 0 Å². The zero-order valence-electron chi connectivity index (χ0n) is 5.13. The van der Waals surface area contributed by atoms with E-state index in [2.05, 4.69) is 46.4 Å². The fourth-order valence-corrected chi connectivity index (χ4v) is 0. The molecule has 72 valence electrons. The van der Waals surface area contributed by atoms with E-state index in [0.29, 0.717) is 0 Å². The minimum absolute atomic E-state index is 0.889. The van der Waals surface area contributed by atoms with Crippen LogP contribution in [0.2, 0.25) is 0 Å². The molecule has 0 unspecified atom stereocenters. The van der Waals surface area contributed by atoms with Crippen LogP contribution in [-0.2, 0) is 0 Å². The van der Waals surface area contributed by atoms with Crippen LogP contribution in [0.4, 0.5) is 14.4 Å². The molecular formula is C3H2Cl4O5. The van der Waals surface area contributed by atoms with E-state index in [1.165, 1.54) is 0 Å². The smallest absolute Gasteiger partial charge is 0.450 e. The van der Waals surface area contributed by atoms with Crippen molar-refractivity contribution in [2.24, 2.45) is 0 Å². The highest BCUT2D eigenvalue weighted by Gasteiger charge is 1.72. The molecule has 0 saturated carbocycles. The predicted molar refractivity (Wildman–Crippen MR) is 44.9 cm³/mol. The lowest BCUT2D eigenvalue weighted by Crippen LogP contribution is -1.81. The lowest BCUT2D eigenvalue weighted by Gasteiger charge is -1.60. The van der Waals surface area contributed by atoms with Gasteiger partial charge in [0, 0.05) is 0 Å². The highest BCUT2D eigenvalue weighted by atomic mass is 35.5. The Balaban J connectivity index is -0.000000101. The SMILES string of the molecule is O=C(Cl)Cl.O=C(Cl)Cl.O=C(O)O. The van der Waals surface area contributed by atoms with Crippen LogP contribution in [0.3, 0.4) is 0 Å².